The number of phenolic OH excluding ortho intramolecular Hbond substituents is 1. The van der Waals surface area contributed by atoms with E-state index in [4.69, 9.17) is 9.47 Å². The van der Waals surface area contributed by atoms with Gasteiger partial charge < -0.3 is 14.6 Å². The molecule has 4 nitrogen and oxygen atoms in total. The first-order chi connectivity index (χ1) is 16.4. The fourth-order valence-electron chi connectivity index (χ4n) is 5.70. The van der Waals surface area contributed by atoms with E-state index >= 15 is 0 Å². The summed E-state index contributed by atoms with van der Waals surface area (Å²) in [6, 6.07) is 22.8. The second-order valence-corrected chi connectivity index (χ2v) is 10.3. The maximum absolute atomic E-state index is 10.1. The number of nitrogens with zero attached hydrogens (tertiary/aromatic N) is 1. The molecular formula is C30H35NO3. The van der Waals surface area contributed by atoms with Crippen LogP contribution in [0.3, 0.4) is 0 Å². The molecule has 0 unspecified atom stereocenters. The van der Waals surface area contributed by atoms with E-state index in [0.29, 0.717) is 0 Å². The summed E-state index contributed by atoms with van der Waals surface area (Å²) in [5.41, 5.74) is 4.38. The summed E-state index contributed by atoms with van der Waals surface area (Å²) < 4.78 is 12.6. The van der Waals surface area contributed by atoms with Crippen molar-refractivity contribution in [2.24, 2.45) is 0 Å². The van der Waals surface area contributed by atoms with Crippen LogP contribution in [0.2, 0.25) is 0 Å². The van der Waals surface area contributed by atoms with Crippen LogP contribution in [-0.4, -0.2) is 41.8 Å². The van der Waals surface area contributed by atoms with Gasteiger partial charge in [0.05, 0.1) is 0 Å². The number of hydrogen-bond donors (Lipinski definition) is 1. The lowest BCUT2D eigenvalue weighted by Crippen LogP contribution is -2.43. The first-order valence-corrected chi connectivity index (χ1v) is 12.4. The van der Waals surface area contributed by atoms with E-state index in [1.165, 1.54) is 42.6 Å². The Labute approximate surface area is 203 Å². The topological polar surface area (TPSA) is 41.9 Å². The minimum Gasteiger partial charge on any atom is -0.508 e. The van der Waals surface area contributed by atoms with Gasteiger partial charge in [-0.1, -0.05) is 48.0 Å². The number of aryl methyl sites for hydroxylation is 1. The third kappa shape index (κ3) is 4.65. The zero-order valence-electron chi connectivity index (χ0n) is 20.5. The molecule has 0 aromatic heterocycles. The quantitative estimate of drug-likeness (QED) is 0.474. The molecule has 0 radical (unpaired) electrons. The molecule has 1 saturated heterocycles. The zero-order chi connectivity index (χ0) is 23.7. The first kappa shape index (κ1) is 22.8. The Hall–Kier alpha value is -2.98. The maximum Gasteiger partial charge on any atom is 0.127 e. The van der Waals surface area contributed by atoms with Crippen LogP contribution in [0.15, 0.2) is 66.7 Å². The van der Waals surface area contributed by atoms with Crippen LogP contribution in [0.5, 0.6) is 17.2 Å². The average Bonchev–Trinajstić information content (AvgIpc) is 3.31. The molecule has 0 aliphatic carbocycles. The molecule has 2 aliphatic heterocycles. The number of rotatable bonds is 6. The molecule has 34 heavy (non-hydrogen) atoms. The maximum atomic E-state index is 10.1. The number of fused-ring (bicyclic) bond motifs is 1. The highest BCUT2D eigenvalue weighted by Crippen LogP contribution is 2.53. The van der Waals surface area contributed by atoms with Crippen LogP contribution in [0.1, 0.15) is 60.8 Å². The van der Waals surface area contributed by atoms with Gasteiger partial charge in [0.15, 0.2) is 0 Å². The summed E-state index contributed by atoms with van der Waals surface area (Å²) >= 11 is 0. The standard InChI is InChI=1S/C30H35NO3/c1-21-7-6-8-23(19-21)29-28(26-14-11-24(32)20-27(26)34-30(29,2)3)22-9-12-25(13-10-22)33-18-17-31-15-4-5-16-31/h6-14,19-20,28-29,32H,4-5,15-18H2,1-3H3/t28-,29+/m1/s1. The Morgan fingerprint density at radius 3 is 2.47 bits per heavy atom. The fraction of sp³-hybridized carbons (Fsp3) is 0.400. The van der Waals surface area contributed by atoms with E-state index in [9.17, 15) is 5.11 Å². The van der Waals surface area contributed by atoms with Crippen molar-refractivity contribution < 1.29 is 14.6 Å². The average molecular weight is 458 g/mol. The number of likely N-dealkylation sites (tertiary alicyclic amines) is 1. The van der Waals surface area contributed by atoms with Crippen molar-refractivity contribution in [2.45, 2.75) is 51.0 Å². The summed E-state index contributed by atoms with van der Waals surface area (Å²) in [6.07, 6.45) is 2.61. The Balaban J connectivity index is 1.47. The summed E-state index contributed by atoms with van der Waals surface area (Å²) in [5.74, 6) is 2.10. The van der Waals surface area contributed by atoms with Crippen LogP contribution >= 0.6 is 0 Å². The fourth-order valence-corrected chi connectivity index (χ4v) is 5.70. The lowest BCUT2D eigenvalue weighted by Gasteiger charge is -2.45. The van der Waals surface area contributed by atoms with E-state index in [2.05, 4.69) is 74.2 Å². The molecule has 3 aromatic rings. The molecular weight excluding hydrogens is 422 g/mol. The van der Waals surface area contributed by atoms with Crippen LogP contribution in [-0.2, 0) is 0 Å². The molecule has 0 saturated carbocycles. The third-order valence-electron chi connectivity index (χ3n) is 7.30. The van der Waals surface area contributed by atoms with E-state index in [0.717, 1.165) is 30.2 Å². The van der Waals surface area contributed by atoms with E-state index in [-0.39, 0.29) is 17.6 Å². The van der Waals surface area contributed by atoms with Gasteiger partial charge in [-0.3, -0.25) is 4.90 Å². The SMILES string of the molecule is Cc1cccc([C@H]2[C@H](c3ccc(OCCN4CCCC4)cc3)c3ccc(O)cc3OC2(C)C)c1. The smallest absolute Gasteiger partial charge is 0.127 e. The van der Waals surface area contributed by atoms with Gasteiger partial charge in [0.2, 0.25) is 0 Å². The van der Waals surface area contributed by atoms with Crippen molar-refractivity contribution in [1.82, 2.24) is 4.90 Å². The first-order valence-electron chi connectivity index (χ1n) is 12.4. The third-order valence-corrected chi connectivity index (χ3v) is 7.30. The molecule has 2 aliphatic rings. The predicted octanol–water partition coefficient (Wildman–Crippen LogP) is 6.26. The van der Waals surface area contributed by atoms with Crippen molar-refractivity contribution in [3.63, 3.8) is 0 Å². The van der Waals surface area contributed by atoms with Gasteiger partial charge in [0.1, 0.15) is 29.5 Å². The summed E-state index contributed by atoms with van der Waals surface area (Å²) in [6.45, 7) is 10.5. The number of aromatic hydroxyl groups is 1. The van der Waals surface area contributed by atoms with E-state index in [1.807, 2.05) is 6.07 Å². The molecule has 3 aromatic carbocycles. The molecule has 0 amide bonds. The number of hydrogen-bond acceptors (Lipinski definition) is 4. The lowest BCUT2D eigenvalue weighted by molar-refractivity contribution is 0.0528. The summed E-state index contributed by atoms with van der Waals surface area (Å²) in [4.78, 5) is 2.47. The predicted molar refractivity (Wildman–Crippen MR) is 136 cm³/mol. The highest BCUT2D eigenvalue weighted by Gasteiger charge is 2.45. The molecule has 178 valence electrons. The van der Waals surface area contributed by atoms with Gasteiger partial charge in [-0.15, -0.1) is 0 Å². The molecule has 4 heteroatoms. The van der Waals surface area contributed by atoms with Gasteiger partial charge in [-0.05, 0) is 76.0 Å². The number of phenols is 1. The molecule has 0 spiro atoms. The minimum absolute atomic E-state index is 0.0970. The highest BCUT2D eigenvalue weighted by atomic mass is 16.5. The largest absolute Gasteiger partial charge is 0.508 e. The van der Waals surface area contributed by atoms with Gasteiger partial charge in [-0.25, -0.2) is 0 Å². The molecule has 2 heterocycles. The van der Waals surface area contributed by atoms with E-state index < -0.39 is 5.60 Å². The Kier molecular flexibility index (Phi) is 6.26. The minimum atomic E-state index is -0.454. The zero-order valence-corrected chi connectivity index (χ0v) is 20.5. The van der Waals surface area contributed by atoms with Crippen molar-refractivity contribution in [3.8, 4) is 17.2 Å². The van der Waals surface area contributed by atoms with Crippen molar-refractivity contribution in [1.29, 1.82) is 0 Å². The van der Waals surface area contributed by atoms with Gasteiger partial charge in [-0.2, -0.15) is 0 Å². The van der Waals surface area contributed by atoms with Gasteiger partial charge in [0, 0.05) is 30.0 Å². The molecule has 2 atom stereocenters. The monoisotopic (exact) mass is 457 g/mol. The molecule has 1 N–H and O–H groups in total. The van der Waals surface area contributed by atoms with Crippen molar-refractivity contribution in [2.75, 3.05) is 26.2 Å². The normalized spacial score (nSPS) is 21.6. The second kappa shape index (κ2) is 9.34. The van der Waals surface area contributed by atoms with Gasteiger partial charge in [0.25, 0.3) is 0 Å². The van der Waals surface area contributed by atoms with Crippen LogP contribution in [0.25, 0.3) is 0 Å². The summed E-state index contributed by atoms with van der Waals surface area (Å²) in [7, 11) is 0. The van der Waals surface area contributed by atoms with Crippen LogP contribution in [0.4, 0.5) is 0 Å². The summed E-state index contributed by atoms with van der Waals surface area (Å²) in [5, 5.41) is 10.1. The molecule has 1 fully saturated rings. The molecule has 0 bridgehead atoms. The lowest BCUT2D eigenvalue weighted by atomic mass is 9.68. The Morgan fingerprint density at radius 2 is 1.74 bits per heavy atom. The Bertz CT molecular complexity index is 1130. The highest BCUT2D eigenvalue weighted by molar-refractivity contribution is 5.52. The van der Waals surface area contributed by atoms with Crippen LogP contribution < -0.4 is 9.47 Å². The van der Waals surface area contributed by atoms with E-state index in [1.54, 1.807) is 12.1 Å². The number of benzene rings is 3. The number of ether oxygens (including phenoxy) is 2. The van der Waals surface area contributed by atoms with Gasteiger partial charge >= 0.3 is 0 Å². The van der Waals surface area contributed by atoms with Crippen molar-refractivity contribution >= 4 is 0 Å². The van der Waals surface area contributed by atoms with Crippen LogP contribution in [0, 0.1) is 6.92 Å². The second-order valence-electron chi connectivity index (χ2n) is 10.3. The Morgan fingerprint density at radius 1 is 0.971 bits per heavy atom. The molecule has 5 rings (SSSR count). The van der Waals surface area contributed by atoms with Crippen molar-refractivity contribution in [3.05, 3.63) is 89.0 Å².